The number of rotatable bonds is 5. The van der Waals surface area contributed by atoms with Gasteiger partial charge in [0.1, 0.15) is 0 Å². The van der Waals surface area contributed by atoms with Gasteiger partial charge >= 0.3 is 5.97 Å². The molecule has 1 saturated heterocycles. The maximum atomic E-state index is 12.5. The monoisotopic (exact) mass is 400 g/mol. The summed E-state index contributed by atoms with van der Waals surface area (Å²) in [5, 5.41) is 3.24. The molecule has 146 valence electrons. The van der Waals surface area contributed by atoms with E-state index in [1.54, 1.807) is 53.4 Å². The zero-order chi connectivity index (χ0) is 19.9. The minimum Gasteiger partial charge on any atom is -0.455 e. The summed E-state index contributed by atoms with van der Waals surface area (Å²) in [7, 11) is 0. The summed E-state index contributed by atoms with van der Waals surface area (Å²) in [4.78, 5) is 38.3. The third-order valence-electron chi connectivity index (χ3n) is 4.61. The van der Waals surface area contributed by atoms with Crippen LogP contribution in [0.4, 0.5) is 5.69 Å². The highest BCUT2D eigenvalue weighted by molar-refractivity contribution is 6.30. The highest BCUT2D eigenvalue weighted by Gasteiger charge is 2.29. The van der Waals surface area contributed by atoms with Gasteiger partial charge in [0.15, 0.2) is 6.61 Å². The first-order chi connectivity index (χ1) is 13.5. The number of anilines is 1. The molecule has 0 spiro atoms. The zero-order valence-electron chi connectivity index (χ0n) is 15.3. The van der Waals surface area contributed by atoms with E-state index >= 15 is 0 Å². The second kappa shape index (κ2) is 9.37. The van der Waals surface area contributed by atoms with Gasteiger partial charge in [-0.1, -0.05) is 29.8 Å². The summed E-state index contributed by atoms with van der Waals surface area (Å²) in [5.41, 5.74) is 1.22. The van der Waals surface area contributed by atoms with E-state index in [4.69, 9.17) is 16.3 Å². The number of carbonyl (C=O) groups is 3. The number of benzene rings is 2. The number of para-hydroxylation sites is 1. The SMILES string of the molecule is O=C(COC(=O)C1CCN(C(=O)c2ccc(Cl)cc2)CC1)Nc1ccccc1. The number of hydrogen-bond donors (Lipinski definition) is 1. The maximum absolute atomic E-state index is 12.5. The molecule has 1 N–H and O–H groups in total. The number of hydrogen-bond acceptors (Lipinski definition) is 4. The number of likely N-dealkylation sites (tertiary alicyclic amines) is 1. The topological polar surface area (TPSA) is 75.7 Å². The van der Waals surface area contributed by atoms with Crippen LogP contribution < -0.4 is 5.32 Å². The molecule has 28 heavy (non-hydrogen) atoms. The van der Waals surface area contributed by atoms with Gasteiger partial charge in [0.05, 0.1) is 5.92 Å². The molecule has 0 unspecified atom stereocenters. The largest absolute Gasteiger partial charge is 0.455 e. The van der Waals surface area contributed by atoms with E-state index in [-0.39, 0.29) is 24.3 Å². The van der Waals surface area contributed by atoms with E-state index < -0.39 is 5.97 Å². The quantitative estimate of drug-likeness (QED) is 0.781. The standard InChI is InChI=1S/C21H21ClN2O4/c22-17-8-6-15(7-9-17)20(26)24-12-10-16(11-13-24)21(27)28-14-19(25)23-18-4-2-1-3-5-18/h1-9,16H,10-14H2,(H,23,25). The van der Waals surface area contributed by atoms with Gasteiger partial charge in [-0.2, -0.15) is 0 Å². The second-order valence-corrected chi connectivity index (χ2v) is 7.03. The number of halogens is 1. The van der Waals surface area contributed by atoms with Gasteiger partial charge < -0.3 is 15.0 Å². The van der Waals surface area contributed by atoms with Crippen LogP contribution in [0.3, 0.4) is 0 Å². The van der Waals surface area contributed by atoms with Crippen molar-refractivity contribution in [3.8, 4) is 0 Å². The zero-order valence-corrected chi connectivity index (χ0v) is 16.0. The molecule has 2 aromatic rings. The van der Waals surface area contributed by atoms with Crippen LogP contribution in [0.15, 0.2) is 54.6 Å². The van der Waals surface area contributed by atoms with Crippen molar-refractivity contribution in [2.45, 2.75) is 12.8 Å². The molecule has 0 bridgehead atoms. The third-order valence-corrected chi connectivity index (χ3v) is 4.86. The van der Waals surface area contributed by atoms with Crippen LogP contribution in [-0.4, -0.2) is 42.4 Å². The number of piperidine rings is 1. The lowest BCUT2D eigenvalue weighted by Gasteiger charge is -2.31. The molecule has 0 radical (unpaired) electrons. The molecule has 0 aliphatic carbocycles. The average Bonchev–Trinajstić information content (AvgIpc) is 2.73. The van der Waals surface area contributed by atoms with E-state index in [9.17, 15) is 14.4 Å². The molecule has 1 aliphatic rings. The van der Waals surface area contributed by atoms with Gasteiger partial charge in [0, 0.05) is 29.4 Å². The Morgan fingerprint density at radius 2 is 1.64 bits per heavy atom. The number of amides is 2. The van der Waals surface area contributed by atoms with Crippen molar-refractivity contribution in [1.82, 2.24) is 4.90 Å². The Morgan fingerprint density at radius 3 is 2.29 bits per heavy atom. The Morgan fingerprint density at radius 1 is 1.00 bits per heavy atom. The predicted molar refractivity (Wildman–Crippen MR) is 106 cm³/mol. The Balaban J connectivity index is 1.42. The van der Waals surface area contributed by atoms with Crippen LogP contribution >= 0.6 is 11.6 Å². The minimum atomic E-state index is -0.401. The predicted octanol–water partition coefficient (Wildman–Crippen LogP) is 3.37. The van der Waals surface area contributed by atoms with Gasteiger partial charge in [0.25, 0.3) is 11.8 Å². The van der Waals surface area contributed by atoms with Crippen LogP contribution in [0, 0.1) is 5.92 Å². The molecule has 2 aromatic carbocycles. The number of esters is 1. The molecule has 3 rings (SSSR count). The lowest BCUT2D eigenvalue weighted by Crippen LogP contribution is -2.41. The van der Waals surface area contributed by atoms with Crippen LogP contribution in [0.25, 0.3) is 0 Å². The summed E-state index contributed by atoms with van der Waals surface area (Å²) in [6.45, 7) is 0.618. The third kappa shape index (κ3) is 5.33. The summed E-state index contributed by atoms with van der Waals surface area (Å²) in [5.74, 6) is -1.17. The second-order valence-electron chi connectivity index (χ2n) is 6.60. The molecule has 0 aromatic heterocycles. The van der Waals surface area contributed by atoms with Gasteiger partial charge in [0.2, 0.25) is 0 Å². The van der Waals surface area contributed by atoms with Gasteiger partial charge in [-0.25, -0.2) is 0 Å². The molecule has 7 heteroatoms. The van der Waals surface area contributed by atoms with Crippen molar-refractivity contribution in [1.29, 1.82) is 0 Å². The van der Waals surface area contributed by atoms with Crippen molar-refractivity contribution >= 4 is 35.1 Å². The van der Waals surface area contributed by atoms with Crippen LogP contribution in [-0.2, 0) is 14.3 Å². The van der Waals surface area contributed by atoms with E-state index in [2.05, 4.69) is 5.32 Å². The summed E-state index contributed by atoms with van der Waals surface area (Å²) >= 11 is 5.85. The normalized spacial score (nSPS) is 14.4. The first kappa shape index (κ1) is 19.9. The summed E-state index contributed by atoms with van der Waals surface area (Å²) in [6.07, 6.45) is 1.02. The van der Waals surface area contributed by atoms with Crippen molar-refractivity contribution in [2.24, 2.45) is 5.92 Å². The van der Waals surface area contributed by atoms with Gasteiger partial charge in [-0.3, -0.25) is 14.4 Å². The van der Waals surface area contributed by atoms with Crippen molar-refractivity contribution in [3.05, 3.63) is 65.2 Å². The molecule has 0 saturated carbocycles. The molecule has 1 fully saturated rings. The maximum Gasteiger partial charge on any atom is 0.309 e. The van der Waals surface area contributed by atoms with E-state index in [0.29, 0.717) is 42.2 Å². The smallest absolute Gasteiger partial charge is 0.309 e. The molecule has 2 amide bonds. The fourth-order valence-electron chi connectivity index (χ4n) is 3.07. The fourth-order valence-corrected chi connectivity index (χ4v) is 3.19. The van der Waals surface area contributed by atoms with E-state index in [0.717, 1.165) is 0 Å². The lowest BCUT2D eigenvalue weighted by molar-refractivity contribution is -0.152. The summed E-state index contributed by atoms with van der Waals surface area (Å²) in [6, 6.07) is 15.7. The molecule has 6 nitrogen and oxygen atoms in total. The van der Waals surface area contributed by atoms with Crippen molar-refractivity contribution < 1.29 is 19.1 Å². The highest BCUT2D eigenvalue weighted by Crippen LogP contribution is 2.21. The minimum absolute atomic E-state index is 0.0780. The Labute approximate surface area is 168 Å². The average molecular weight is 401 g/mol. The van der Waals surface area contributed by atoms with Crippen LogP contribution in [0.5, 0.6) is 0 Å². The van der Waals surface area contributed by atoms with Crippen molar-refractivity contribution in [2.75, 3.05) is 25.0 Å². The lowest BCUT2D eigenvalue weighted by atomic mass is 9.96. The first-order valence-electron chi connectivity index (χ1n) is 9.09. The fraction of sp³-hybridized carbons (Fsp3) is 0.286. The number of ether oxygens (including phenoxy) is 1. The Hall–Kier alpha value is -2.86. The first-order valence-corrected chi connectivity index (χ1v) is 9.47. The Kier molecular flexibility index (Phi) is 6.66. The molecule has 1 aliphatic heterocycles. The van der Waals surface area contributed by atoms with Crippen LogP contribution in [0.1, 0.15) is 23.2 Å². The number of nitrogens with zero attached hydrogens (tertiary/aromatic N) is 1. The van der Waals surface area contributed by atoms with E-state index in [1.807, 2.05) is 6.07 Å². The van der Waals surface area contributed by atoms with Gasteiger partial charge in [-0.15, -0.1) is 0 Å². The van der Waals surface area contributed by atoms with Gasteiger partial charge in [-0.05, 0) is 49.2 Å². The molecule has 1 heterocycles. The number of nitrogens with one attached hydrogen (secondary N) is 1. The highest BCUT2D eigenvalue weighted by atomic mass is 35.5. The van der Waals surface area contributed by atoms with Crippen molar-refractivity contribution in [3.63, 3.8) is 0 Å². The number of carbonyl (C=O) groups excluding carboxylic acids is 3. The molecular weight excluding hydrogens is 380 g/mol. The van der Waals surface area contributed by atoms with Crippen LogP contribution in [0.2, 0.25) is 5.02 Å². The molecule has 0 atom stereocenters. The summed E-state index contributed by atoms with van der Waals surface area (Å²) < 4.78 is 5.14. The Bertz CT molecular complexity index is 831. The van der Waals surface area contributed by atoms with E-state index in [1.165, 1.54) is 0 Å². The molecular formula is C21H21ClN2O4.